The van der Waals surface area contributed by atoms with Crippen molar-refractivity contribution in [3.8, 4) is 0 Å². The Kier molecular flexibility index (Phi) is 2.84. The van der Waals surface area contributed by atoms with Crippen molar-refractivity contribution >= 4 is 21.6 Å². The molecule has 0 aromatic heterocycles. The Morgan fingerprint density at radius 1 is 1.18 bits per heavy atom. The van der Waals surface area contributed by atoms with Crippen LogP contribution >= 0.6 is 15.9 Å². The summed E-state index contributed by atoms with van der Waals surface area (Å²) < 4.78 is 63.5. The first-order valence-electron chi connectivity index (χ1n) is 4.69. The molecular formula is C10H7BrF5N. The van der Waals surface area contributed by atoms with Crippen LogP contribution in [0, 0.1) is 0 Å². The Balaban J connectivity index is 2.39. The van der Waals surface area contributed by atoms with Gasteiger partial charge in [0.1, 0.15) is 0 Å². The summed E-state index contributed by atoms with van der Waals surface area (Å²) in [7, 11) is 0. The maximum Gasteiger partial charge on any atom is 0.419 e. The summed E-state index contributed by atoms with van der Waals surface area (Å²) in [5.74, 6) is -2.90. The molecule has 1 aromatic carbocycles. The molecule has 1 nitrogen and oxygen atoms in total. The van der Waals surface area contributed by atoms with E-state index in [1.165, 1.54) is 18.2 Å². The maximum atomic E-state index is 12.8. The van der Waals surface area contributed by atoms with Gasteiger partial charge in [0.2, 0.25) is 0 Å². The molecule has 1 heterocycles. The highest BCUT2D eigenvalue weighted by atomic mass is 79.9. The summed E-state index contributed by atoms with van der Waals surface area (Å²) in [6, 6.07) is 3.83. The van der Waals surface area contributed by atoms with E-state index in [4.69, 9.17) is 0 Å². The largest absolute Gasteiger partial charge is 0.419 e. The van der Waals surface area contributed by atoms with E-state index >= 15 is 0 Å². The molecule has 0 bridgehead atoms. The lowest BCUT2D eigenvalue weighted by Crippen LogP contribution is -2.56. The number of nitrogens with zero attached hydrogens (tertiary/aromatic N) is 1. The van der Waals surface area contributed by atoms with Gasteiger partial charge in [-0.25, -0.2) is 8.78 Å². The summed E-state index contributed by atoms with van der Waals surface area (Å²) in [6.07, 6.45) is -4.57. The zero-order valence-corrected chi connectivity index (χ0v) is 9.95. The number of hydrogen-bond acceptors (Lipinski definition) is 1. The van der Waals surface area contributed by atoms with Gasteiger partial charge < -0.3 is 4.90 Å². The number of rotatable bonds is 1. The van der Waals surface area contributed by atoms with Crippen molar-refractivity contribution in [2.45, 2.75) is 12.1 Å². The average Bonchev–Trinajstić information content (AvgIpc) is 2.11. The SMILES string of the molecule is FC1(F)CN(c2cccc(Br)c2C(F)(F)F)C1. The standard InChI is InChI=1S/C10H7BrF5N/c11-6-2-1-3-7(8(6)10(14,15)16)17-4-9(12,13)5-17/h1-3H,4-5H2. The second kappa shape index (κ2) is 3.83. The van der Waals surface area contributed by atoms with Crippen molar-refractivity contribution in [3.05, 3.63) is 28.2 Å². The van der Waals surface area contributed by atoms with E-state index in [0.29, 0.717) is 0 Å². The Morgan fingerprint density at radius 3 is 2.24 bits per heavy atom. The predicted octanol–water partition coefficient (Wildman–Crippen LogP) is 3.92. The zero-order valence-electron chi connectivity index (χ0n) is 8.36. The van der Waals surface area contributed by atoms with Gasteiger partial charge in [-0.1, -0.05) is 22.0 Å². The van der Waals surface area contributed by atoms with Crippen LogP contribution in [-0.2, 0) is 6.18 Å². The van der Waals surface area contributed by atoms with Gasteiger partial charge in [0.15, 0.2) is 0 Å². The minimum Gasteiger partial charge on any atom is -0.359 e. The fourth-order valence-electron chi connectivity index (χ4n) is 1.74. The van der Waals surface area contributed by atoms with Gasteiger partial charge in [0.05, 0.1) is 24.3 Å². The third kappa shape index (κ3) is 2.38. The van der Waals surface area contributed by atoms with Gasteiger partial charge in [0.25, 0.3) is 5.92 Å². The summed E-state index contributed by atoms with van der Waals surface area (Å²) in [5, 5.41) is 0. The molecule has 17 heavy (non-hydrogen) atoms. The predicted molar refractivity (Wildman–Crippen MR) is 56.3 cm³/mol. The normalized spacial score (nSPS) is 19.1. The minimum absolute atomic E-state index is 0.141. The molecule has 0 N–H and O–H groups in total. The maximum absolute atomic E-state index is 12.8. The number of alkyl halides is 5. The van der Waals surface area contributed by atoms with E-state index in [1.807, 2.05) is 0 Å². The summed E-state index contributed by atoms with van der Waals surface area (Å²) in [4.78, 5) is 1.02. The van der Waals surface area contributed by atoms with Crippen LogP contribution in [0.25, 0.3) is 0 Å². The molecule has 94 valence electrons. The molecule has 1 fully saturated rings. The van der Waals surface area contributed by atoms with Gasteiger partial charge >= 0.3 is 6.18 Å². The van der Waals surface area contributed by atoms with Gasteiger partial charge in [0, 0.05) is 4.47 Å². The van der Waals surface area contributed by atoms with Crippen molar-refractivity contribution < 1.29 is 22.0 Å². The highest BCUT2D eigenvalue weighted by molar-refractivity contribution is 9.10. The average molecular weight is 316 g/mol. The topological polar surface area (TPSA) is 3.24 Å². The molecule has 0 atom stereocenters. The third-order valence-electron chi connectivity index (χ3n) is 2.46. The van der Waals surface area contributed by atoms with Crippen LogP contribution in [0.4, 0.5) is 27.6 Å². The number of halogens is 6. The third-order valence-corrected chi connectivity index (χ3v) is 3.12. The van der Waals surface area contributed by atoms with E-state index in [-0.39, 0.29) is 10.2 Å². The molecule has 1 aliphatic heterocycles. The van der Waals surface area contributed by atoms with Crippen LogP contribution in [0.1, 0.15) is 5.56 Å². The molecule has 1 aliphatic rings. The first-order valence-corrected chi connectivity index (χ1v) is 5.48. The van der Waals surface area contributed by atoms with Gasteiger partial charge in [-0.15, -0.1) is 0 Å². The fourth-order valence-corrected chi connectivity index (χ4v) is 2.32. The molecule has 0 amide bonds. The van der Waals surface area contributed by atoms with Gasteiger partial charge in [-0.05, 0) is 12.1 Å². The van der Waals surface area contributed by atoms with Crippen LogP contribution in [-0.4, -0.2) is 19.0 Å². The Bertz CT molecular complexity index is 435. The number of hydrogen-bond donors (Lipinski definition) is 0. The number of anilines is 1. The summed E-state index contributed by atoms with van der Waals surface area (Å²) in [5.41, 5.74) is -1.12. The van der Waals surface area contributed by atoms with Crippen LogP contribution in [0.15, 0.2) is 22.7 Å². The van der Waals surface area contributed by atoms with Crippen LogP contribution in [0.3, 0.4) is 0 Å². The summed E-state index contributed by atoms with van der Waals surface area (Å²) in [6.45, 7) is -1.35. The van der Waals surface area contributed by atoms with Gasteiger partial charge in [-0.2, -0.15) is 13.2 Å². The zero-order chi connectivity index (χ0) is 12.8. The number of benzene rings is 1. The van der Waals surface area contributed by atoms with Gasteiger partial charge in [-0.3, -0.25) is 0 Å². The molecule has 0 unspecified atom stereocenters. The highest BCUT2D eigenvalue weighted by Gasteiger charge is 2.47. The lowest BCUT2D eigenvalue weighted by Gasteiger charge is -2.41. The lowest BCUT2D eigenvalue weighted by atomic mass is 10.1. The first-order chi connectivity index (χ1) is 7.71. The van der Waals surface area contributed by atoms with Crippen molar-refractivity contribution in [1.29, 1.82) is 0 Å². The van der Waals surface area contributed by atoms with Crippen molar-refractivity contribution in [2.24, 2.45) is 0 Å². The Morgan fingerprint density at radius 2 is 1.76 bits per heavy atom. The van der Waals surface area contributed by atoms with Crippen molar-refractivity contribution in [3.63, 3.8) is 0 Å². The Hall–Kier alpha value is -0.850. The quantitative estimate of drug-likeness (QED) is 0.710. The molecule has 1 aromatic rings. The first kappa shape index (κ1) is 12.6. The molecule has 0 spiro atoms. The monoisotopic (exact) mass is 315 g/mol. The molecule has 7 heteroatoms. The van der Waals surface area contributed by atoms with E-state index in [1.54, 1.807) is 0 Å². The molecule has 0 saturated carbocycles. The highest BCUT2D eigenvalue weighted by Crippen LogP contribution is 2.44. The van der Waals surface area contributed by atoms with E-state index in [0.717, 1.165) is 4.90 Å². The molecule has 2 rings (SSSR count). The molecule has 0 aliphatic carbocycles. The van der Waals surface area contributed by atoms with Crippen LogP contribution in [0.5, 0.6) is 0 Å². The lowest BCUT2D eigenvalue weighted by molar-refractivity contribution is -0.138. The second-order valence-corrected chi connectivity index (χ2v) is 4.70. The van der Waals surface area contributed by atoms with E-state index < -0.39 is 30.8 Å². The smallest absolute Gasteiger partial charge is 0.359 e. The van der Waals surface area contributed by atoms with Crippen molar-refractivity contribution in [1.82, 2.24) is 0 Å². The van der Waals surface area contributed by atoms with Crippen molar-refractivity contribution in [2.75, 3.05) is 18.0 Å². The fraction of sp³-hybridized carbons (Fsp3) is 0.400. The Labute approximate surface area is 102 Å². The van der Waals surface area contributed by atoms with Crippen LogP contribution < -0.4 is 4.90 Å². The molecule has 0 radical (unpaired) electrons. The molecular weight excluding hydrogens is 309 g/mol. The minimum atomic E-state index is -4.57. The van der Waals surface area contributed by atoms with E-state index in [9.17, 15) is 22.0 Å². The molecule has 1 saturated heterocycles. The van der Waals surface area contributed by atoms with Crippen LogP contribution in [0.2, 0.25) is 0 Å². The summed E-state index contributed by atoms with van der Waals surface area (Å²) >= 11 is 2.80. The van der Waals surface area contributed by atoms with E-state index in [2.05, 4.69) is 15.9 Å². The second-order valence-electron chi connectivity index (χ2n) is 3.84.